The number of hydrogen-bond donors (Lipinski definition) is 1. The summed E-state index contributed by atoms with van der Waals surface area (Å²) in [6.07, 6.45) is 4.55. The smallest absolute Gasteiger partial charge is 0.237 e. The third-order valence-electron chi connectivity index (χ3n) is 5.35. The summed E-state index contributed by atoms with van der Waals surface area (Å²) in [5.41, 5.74) is 2.03. The average molecular weight is 349 g/mol. The highest BCUT2D eigenvalue weighted by atomic mass is 16.2. The second-order valence-corrected chi connectivity index (χ2v) is 7.12. The fraction of sp³-hybridized carbons (Fsp3) is 0.450. The van der Waals surface area contributed by atoms with Gasteiger partial charge in [-0.1, -0.05) is 18.2 Å². The number of fused-ring (bicyclic) bond motifs is 1. The van der Waals surface area contributed by atoms with E-state index >= 15 is 0 Å². The van der Waals surface area contributed by atoms with Gasteiger partial charge in [-0.25, -0.2) is 0 Å². The number of likely N-dealkylation sites (tertiary alicyclic amines) is 2. The van der Waals surface area contributed by atoms with E-state index in [1.165, 1.54) is 0 Å². The predicted molar refractivity (Wildman–Crippen MR) is 101 cm³/mol. The monoisotopic (exact) mass is 349 g/mol. The molecule has 1 aromatic carbocycles. The first-order valence-corrected chi connectivity index (χ1v) is 9.26. The van der Waals surface area contributed by atoms with E-state index in [-0.39, 0.29) is 11.9 Å². The summed E-state index contributed by atoms with van der Waals surface area (Å²) in [7, 11) is 0. The van der Waals surface area contributed by atoms with Crippen molar-refractivity contribution in [3.8, 4) is 6.07 Å². The van der Waals surface area contributed by atoms with Crippen molar-refractivity contribution in [2.75, 3.05) is 31.5 Å². The van der Waals surface area contributed by atoms with Crippen molar-refractivity contribution in [3.63, 3.8) is 0 Å². The van der Waals surface area contributed by atoms with Crippen molar-refractivity contribution in [2.45, 2.75) is 31.3 Å². The van der Waals surface area contributed by atoms with Crippen LogP contribution in [0.4, 0.5) is 5.69 Å². The molecule has 6 heteroatoms. The Morgan fingerprint density at radius 1 is 1.27 bits per heavy atom. The van der Waals surface area contributed by atoms with E-state index in [2.05, 4.69) is 39.5 Å². The lowest BCUT2D eigenvalue weighted by atomic mass is 10.1. The molecule has 2 aromatic rings. The van der Waals surface area contributed by atoms with Gasteiger partial charge in [0.2, 0.25) is 5.91 Å². The van der Waals surface area contributed by atoms with Gasteiger partial charge in [0.05, 0.1) is 23.8 Å². The van der Waals surface area contributed by atoms with Crippen LogP contribution in [0.15, 0.2) is 36.5 Å². The second-order valence-electron chi connectivity index (χ2n) is 7.12. The van der Waals surface area contributed by atoms with Crippen molar-refractivity contribution in [3.05, 3.63) is 36.5 Å². The molecule has 0 aliphatic carbocycles. The van der Waals surface area contributed by atoms with Gasteiger partial charge in [-0.3, -0.25) is 14.7 Å². The van der Waals surface area contributed by atoms with Gasteiger partial charge in [0, 0.05) is 37.3 Å². The van der Waals surface area contributed by atoms with Crippen LogP contribution in [-0.4, -0.2) is 59.0 Å². The fourth-order valence-electron chi connectivity index (χ4n) is 4.02. The van der Waals surface area contributed by atoms with E-state index in [9.17, 15) is 4.79 Å². The third-order valence-corrected chi connectivity index (χ3v) is 5.35. The molecule has 6 nitrogen and oxygen atoms in total. The molecule has 26 heavy (non-hydrogen) atoms. The van der Waals surface area contributed by atoms with Gasteiger partial charge < -0.3 is 10.2 Å². The molecule has 1 amide bonds. The molecule has 2 saturated heterocycles. The molecule has 0 radical (unpaired) electrons. The lowest BCUT2D eigenvalue weighted by molar-refractivity contribution is -0.132. The first-order valence-electron chi connectivity index (χ1n) is 9.26. The molecule has 2 fully saturated rings. The maximum Gasteiger partial charge on any atom is 0.237 e. The summed E-state index contributed by atoms with van der Waals surface area (Å²) in [5.74, 6) is 0.0847. The van der Waals surface area contributed by atoms with Gasteiger partial charge in [-0.2, -0.15) is 5.26 Å². The van der Waals surface area contributed by atoms with Crippen LogP contribution >= 0.6 is 0 Å². The van der Waals surface area contributed by atoms with Crippen LogP contribution in [0.5, 0.6) is 0 Å². The van der Waals surface area contributed by atoms with E-state index in [4.69, 9.17) is 5.26 Å². The Hall–Kier alpha value is -2.65. The molecule has 2 atom stereocenters. The van der Waals surface area contributed by atoms with Crippen LogP contribution < -0.4 is 5.32 Å². The number of para-hydroxylation sites is 1. The SMILES string of the molecule is N#C[C@@H]1CCCN1C(=O)CN1CC[C@@H](Nc2cccc3cccnc23)C1. The standard InChI is InChI=1S/C20H23N5O/c21-12-17-6-3-10-25(17)19(26)14-24-11-8-16(13-24)23-18-7-1-4-15-5-2-9-22-20(15)18/h1-2,4-5,7,9,16-17,23H,3,6,8,10-11,13-14H2/t16-,17+/m1/s1. The summed E-state index contributed by atoms with van der Waals surface area (Å²) >= 11 is 0. The Bertz CT molecular complexity index is 840. The van der Waals surface area contributed by atoms with Gasteiger partial charge >= 0.3 is 0 Å². The van der Waals surface area contributed by atoms with E-state index in [0.29, 0.717) is 19.1 Å². The zero-order chi connectivity index (χ0) is 17.9. The Kier molecular flexibility index (Phi) is 4.72. The van der Waals surface area contributed by atoms with E-state index in [1.807, 2.05) is 18.3 Å². The number of nitrogens with one attached hydrogen (secondary N) is 1. The minimum atomic E-state index is -0.235. The van der Waals surface area contributed by atoms with Gasteiger partial charge in [-0.05, 0) is 31.4 Å². The number of hydrogen-bond acceptors (Lipinski definition) is 5. The Morgan fingerprint density at radius 3 is 3.04 bits per heavy atom. The number of carbonyl (C=O) groups is 1. The van der Waals surface area contributed by atoms with Crippen LogP contribution in [-0.2, 0) is 4.79 Å². The number of pyridine rings is 1. The van der Waals surface area contributed by atoms with Crippen molar-refractivity contribution in [1.82, 2.24) is 14.8 Å². The zero-order valence-electron chi connectivity index (χ0n) is 14.8. The van der Waals surface area contributed by atoms with Gasteiger partial charge in [0.1, 0.15) is 6.04 Å². The second kappa shape index (κ2) is 7.30. The summed E-state index contributed by atoms with van der Waals surface area (Å²) in [6.45, 7) is 2.85. The maximum absolute atomic E-state index is 12.5. The molecule has 1 N–H and O–H groups in total. The van der Waals surface area contributed by atoms with Crippen molar-refractivity contribution >= 4 is 22.5 Å². The lowest BCUT2D eigenvalue weighted by Gasteiger charge is -2.23. The molecule has 134 valence electrons. The fourth-order valence-corrected chi connectivity index (χ4v) is 4.02. The highest BCUT2D eigenvalue weighted by Crippen LogP contribution is 2.24. The summed E-state index contributed by atoms with van der Waals surface area (Å²) in [5, 5.41) is 13.9. The van der Waals surface area contributed by atoms with Crippen molar-refractivity contribution < 1.29 is 4.79 Å². The van der Waals surface area contributed by atoms with Crippen LogP contribution in [0, 0.1) is 11.3 Å². The molecule has 4 rings (SSSR count). The number of anilines is 1. The Labute approximate surface area is 153 Å². The van der Waals surface area contributed by atoms with Crippen LogP contribution in [0.25, 0.3) is 10.9 Å². The lowest BCUT2D eigenvalue weighted by Crippen LogP contribution is -2.42. The Morgan fingerprint density at radius 2 is 2.15 bits per heavy atom. The number of nitriles is 1. The Balaban J connectivity index is 1.37. The molecule has 2 aliphatic heterocycles. The molecule has 3 heterocycles. The first kappa shape index (κ1) is 16.8. The number of rotatable bonds is 4. The molecule has 2 aliphatic rings. The van der Waals surface area contributed by atoms with Gasteiger partial charge in [0.15, 0.2) is 0 Å². The summed E-state index contributed by atoms with van der Waals surface area (Å²) in [6, 6.07) is 12.5. The predicted octanol–water partition coefficient (Wildman–Crippen LogP) is 2.24. The largest absolute Gasteiger partial charge is 0.379 e. The van der Waals surface area contributed by atoms with E-state index in [0.717, 1.165) is 48.9 Å². The molecular weight excluding hydrogens is 326 g/mol. The van der Waals surface area contributed by atoms with E-state index in [1.54, 1.807) is 4.90 Å². The molecular formula is C20H23N5O. The van der Waals surface area contributed by atoms with E-state index < -0.39 is 0 Å². The normalized spacial score (nSPS) is 23.3. The number of carbonyl (C=O) groups excluding carboxylic acids is 1. The topological polar surface area (TPSA) is 72.3 Å². The number of aromatic nitrogens is 1. The minimum absolute atomic E-state index is 0.0847. The molecule has 0 unspecified atom stereocenters. The van der Waals surface area contributed by atoms with Gasteiger partial charge in [-0.15, -0.1) is 0 Å². The first-order chi connectivity index (χ1) is 12.7. The van der Waals surface area contributed by atoms with Crippen molar-refractivity contribution in [1.29, 1.82) is 5.26 Å². The molecule has 0 spiro atoms. The number of benzene rings is 1. The molecule has 0 saturated carbocycles. The summed E-state index contributed by atoms with van der Waals surface area (Å²) < 4.78 is 0. The third kappa shape index (κ3) is 3.35. The quantitative estimate of drug-likeness (QED) is 0.916. The van der Waals surface area contributed by atoms with Crippen molar-refractivity contribution in [2.24, 2.45) is 0 Å². The number of nitrogens with zero attached hydrogens (tertiary/aromatic N) is 4. The molecule has 0 bridgehead atoms. The highest BCUT2D eigenvalue weighted by Gasteiger charge is 2.31. The average Bonchev–Trinajstić information content (AvgIpc) is 3.31. The van der Waals surface area contributed by atoms with Crippen LogP contribution in [0.1, 0.15) is 19.3 Å². The number of amides is 1. The van der Waals surface area contributed by atoms with Crippen LogP contribution in [0.3, 0.4) is 0 Å². The van der Waals surface area contributed by atoms with Gasteiger partial charge in [0.25, 0.3) is 0 Å². The zero-order valence-corrected chi connectivity index (χ0v) is 14.8. The highest BCUT2D eigenvalue weighted by molar-refractivity contribution is 5.90. The minimum Gasteiger partial charge on any atom is -0.379 e. The van der Waals surface area contributed by atoms with Crippen LogP contribution in [0.2, 0.25) is 0 Å². The summed E-state index contributed by atoms with van der Waals surface area (Å²) in [4.78, 5) is 20.9. The maximum atomic E-state index is 12.5. The molecule has 1 aromatic heterocycles.